The summed E-state index contributed by atoms with van der Waals surface area (Å²) in [4.78, 5) is 21.5. The van der Waals surface area contributed by atoms with Crippen LogP contribution in [0.5, 0.6) is 0 Å². The van der Waals surface area contributed by atoms with Crippen LogP contribution in [0.3, 0.4) is 0 Å². The second-order valence-corrected chi connectivity index (χ2v) is 9.47. The van der Waals surface area contributed by atoms with Crippen molar-refractivity contribution in [3.63, 3.8) is 0 Å². The van der Waals surface area contributed by atoms with Crippen LogP contribution < -0.4 is 5.32 Å². The number of amides is 1. The summed E-state index contributed by atoms with van der Waals surface area (Å²) in [5.41, 5.74) is -0.0858. The lowest BCUT2D eigenvalue weighted by Gasteiger charge is -2.34. The number of guanidine groups is 1. The van der Waals surface area contributed by atoms with Gasteiger partial charge in [0.15, 0.2) is 5.96 Å². The van der Waals surface area contributed by atoms with Crippen LogP contribution in [0.2, 0.25) is 0 Å². The van der Waals surface area contributed by atoms with E-state index in [1.807, 2.05) is 25.7 Å². The van der Waals surface area contributed by atoms with Gasteiger partial charge in [0.1, 0.15) is 5.60 Å². The number of rotatable bonds is 3. The Morgan fingerprint density at radius 3 is 2.52 bits per heavy atom. The smallest absolute Gasteiger partial charge is 0.410 e. The van der Waals surface area contributed by atoms with Crippen LogP contribution in [-0.4, -0.2) is 66.7 Å². The first-order valence-electron chi connectivity index (χ1n) is 10.1. The van der Waals surface area contributed by atoms with Gasteiger partial charge in [0.05, 0.1) is 0 Å². The third-order valence-corrected chi connectivity index (χ3v) is 4.98. The summed E-state index contributed by atoms with van der Waals surface area (Å²) in [5, 5.41) is 3.44. The van der Waals surface area contributed by atoms with Gasteiger partial charge in [-0.25, -0.2) is 4.79 Å². The van der Waals surface area contributed by atoms with Crippen LogP contribution in [0.25, 0.3) is 0 Å². The number of carbonyl (C=O) groups excluding carboxylic acids is 1. The summed E-state index contributed by atoms with van der Waals surface area (Å²) >= 11 is 0. The molecular weight excluding hydrogens is 455 g/mol. The first-order chi connectivity index (χ1) is 12.1. The van der Waals surface area contributed by atoms with Gasteiger partial charge in [-0.2, -0.15) is 0 Å². The van der Waals surface area contributed by atoms with Gasteiger partial charge in [0.25, 0.3) is 0 Å². The Kier molecular flexibility index (Phi) is 9.15. The molecule has 27 heavy (non-hydrogen) atoms. The average molecular weight is 494 g/mol. The summed E-state index contributed by atoms with van der Waals surface area (Å²) < 4.78 is 5.52. The monoisotopic (exact) mass is 494 g/mol. The number of likely N-dealkylation sites (tertiary alicyclic amines) is 2. The quantitative estimate of drug-likeness (QED) is 0.367. The first kappa shape index (κ1) is 24.3. The number of aliphatic imine (C=N–C) groups is 1. The van der Waals surface area contributed by atoms with E-state index < -0.39 is 5.60 Å². The van der Waals surface area contributed by atoms with Crippen LogP contribution in [0.1, 0.15) is 60.8 Å². The van der Waals surface area contributed by atoms with Gasteiger partial charge in [-0.1, -0.05) is 13.8 Å². The van der Waals surface area contributed by atoms with Crippen molar-refractivity contribution in [1.29, 1.82) is 0 Å². The molecule has 7 heteroatoms. The molecule has 1 amide bonds. The standard InChI is InChI=1S/C20H38N4O2.HI/c1-7-21-17(24-12-10-20(5,6)15-24)22-13-16-9-8-11-23(14-16)18(25)26-19(2,3)4;/h16H,7-15H2,1-6H3,(H,21,22);1H. The number of carbonyl (C=O) groups is 1. The lowest BCUT2D eigenvalue weighted by Crippen LogP contribution is -2.44. The zero-order valence-corrected chi connectivity index (χ0v) is 20.3. The number of ether oxygens (including phenoxy) is 1. The van der Waals surface area contributed by atoms with Gasteiger partial charge in [-0.3, -0.25) is 4.99 Å². The summed E-state index contributed by atoms with van der Waals surface area (Å²) in [7, 11) is 0. The molecule has 2 aliphatic heterocycles. The third kappa shape index (κ3) is 8.03. The lowest BCUT2D eigenvalue weighted by atomic mass is 9.93. The Hall–Kier alpha value is -0.730. The number of halogens is 1. The molecule has 158 valence electrons. The molecule has 0 bridgehead atoms. The molecule has 0 aromatic heterocycles. The van der Waals surface area contributed by atoms with Crippen LogP contribution >= 0.6 is 24.0 Å². The molecule has 0 aromatic rings. The normalized spacial score (nSPS) is 23.0. The van der Waals surface area contributed by atoms with Crippen molar-refractivity contribution in [1.82, 2.24) is 15.1 Å². The van der Waals surface area contributed by atoms with Gasteiger partial charge in [-0.15, -0.1) is 24.0 Å². The lowest BCUT2D eigenvalue weighted by molar-refractivity contribution is 0.0170. The van der Waals surface area contributed by atoms with Crippen molar-refractivity contribution in [2.45, 2.75) is 66.4 Å². The van der Waals surface area contributed by atoms with Crippen molar-refractivity contribution >= 4 is 36.0 Å². The fourth-order valence-electron chi connectivity index (χ4n) is 3.64. The maximum absolute atomic E-state index is 12.3. The van der Waals surface area contributed by atoms with E-state index in [1.165, 1.54) is 6.42 Å². The molecule has 2 heterocycles. The highest BCUT2D eigenvalue weighted by molar-refractivity contribution is 14.0. The fourth-order valence-corrected chi connectivity index (χ4v) is 3.64. The van der Waals surface area contributed by atoms with E-state index in [0.717, 1.165) is 58.1 Å². The third-order valence-electron chi connectivity index (χ3n) is 4.98. The Labute approximate surface area is 182 Å². The second-order valence-electron chi connectivity index (χ2n) is 9.47. The molecule has 6 nitrogen and oxygen atoms in total. The highest BCUT2D eigenvalue weighted by Crippen LogP contribution is 2.28. The van der Waals surface area contributed by atoms with Crippen molar-refractivity contribution in [3.05, 3.63) is 0 Å². The zero-order valence-electron chi connectivity index (χ0n) is 18.0. The summed E-state index contributed by atoms with van der Waals surface area (Å²) in [5.74, 6) is 1.42. The number of nitrogens with one attached hydrogen (secondary N) is 1. The van der Waals surface area contributed by atoms with E-state index in [4.69, 9.17) is 9.73 Å². The Morgan fingerprint density at radius 1 is 1.26 bits per heavy atom. The van der Waals surface area contributed by atoms with Crippen molar-refractivity contribution in [2.24, 2.45) is 16.3 Å². The average Bonchev–Trinajstić information content (AvgIpc) is 2.90. The van der Waals surface area contributed by atoms with E-state index in [2.05, 4.69) is 31.0 Å². The number of hydrogen-bond donors (Lipinski definition) is 1. The summed E-state index contributed by atoms with van der Waals surface area (Å²) in [6, 6.07) is 0. The molecule has 2 aliphatic rings. The molecular formula is C20H39IN4O2. The molecule has 1 atom stereocenters. The van der Waals surface area contributed by atoms with Gasteiger partial charge >= 0.3 is 6.09 Å². The van der Waals surface area contributed by atoms with Crippen LogP contribution in [0.4, 0.5) is 4.79 Å². The molecule has 1 unspecified atom stereocenters. The second kappa shape index (κ2) is 10.2. The highest BCUT2D eigenvalue weighted by Gasteiger charge is 2.31. The molecule has 0 aromatic carbocycles. The minimum Gasteiger partial charge on any atom is -0.444 e. The van der Waals surface area contributed by atoms with E-state index in [0.29, 0.717) is 11.3 Å². The van der Waals surface area contributed by atoms with Crippen molar-refractivity contribution in [2.75, 3.05) is 39.3 Å². The number of hydrogen-bond acceptors (Lipinski definition) is 3. The minimum atomic E-state index is -0.442. The van der Waals surface area contributed by atoms with Gasteiger partial charge in [-0.05, 0) is 58.3 Å². The molecule has 0 spiro atoms. The molecule has 0 aliphatic carbocycles. The molecule has 1 N–H and O–H groups in total. The predicted octanol–water partition coefficient (Wildman–Crippen LogP) is 3.95. The van der Waals surface area contributed by atoms with Crippen molar-refractivity contribution < 1.29 is 9.53 Å². The number of nitrogens with zero attached hydrogens (tertiary/aromatic N) is 3. The maximum Gasteiger partial charge on any atom is 0.410 e. The molecule has 0 radical (unpaired) electrons. The molecule has 2 fully saturated rings. The highest BCUT2D eigenvalue weighted by atomic mass is 127. The van der Waals surface area contributed by atoms with Crippen LogP contribution in [-0.2, 0) is 4.74 Å². The van der Waals surface area contributed by atoms with Crippen LogP contribution in [0.15, 0.2) is 4.99 Å². The SMILES string of the molecule is CCNC(=NCC1CCCN(C(=O)OC(C)(C)C)C1)N1CCC(C)(C)C1.I. The first-order valence-corrected chi connectivity index (χ1v) is 10.1. The van der Waals surface area contributed by atoms with Crippen LogP contribution in [0, 0.1) is 11.3 Å². The predicted molar refractivity (Wildman–Crippen MR) is 122 cm³/mol. The molecule has 2 saturated heterocycles. The summed E-state index contributed by atoms with van der Waals surface area (Å²) in [6.45, 7) is 17.8. The molecule has 0 saturated carbocycles. The topological polar surface area (TPSA) is 57.2 Å². The molecule has 2 rings (SSSR count). The van der Waals surface area contributed by atoms with E-state index in [-0.39, 0.29) is 30.1 Å². The van der Waals surface area contributed by atoms with E-state index >= 15 is 0 Å². The van der Waals surface area contributed by atoms with Gasteiger partial charge < -0.3 is 19.9 Å². The Bertz CT molecular complexity index is 517. The largest absolute Gasteiger partial charge is 0.444 e. The van der Waals surface area contributed by atoms with Gasteiger partial charge in [0, 0.05) is 39.3 Å². The fraction of sp³-hybridized carbons (Fsp3) is 0.900. The van der Waals surface area contributed by atoms with E-state index in [9.17, 15) is 4.79 Å². The Balaban J connectivity index is 0.00000364. The van der Waals surface area contributed by atoms with Crippen molar-refractivity contribution in [3.8, 4) is 0 Å². The maximum atomic E-state index is 12.3. The minimum absolute atomic E-state index is 0. The Morgan fingerprint density at radius 2 is 1.96 bits per heavy atom. The van der Waals surface area contributed by atoms with E-state index in [1.54, 1.807) is 0 Å². The summed E-state index contributed by atoms with van der Waals surface area (Å²) in [6.07, 6.45) is 3.15. The zero-order chi connectivity index (χ0) is 19.4. The van der Waals surface area contributed by atoms with Gasteiger partial charge in [0.2, 0.25) is 0 Å². The number of piperidine rings is 1.